The normalized spacial score (nSPS) is 16.6. The van der Waals surface area contributed by atoms with E-state index in [0.717, 1.165) is 0 Å². The molecule has 0 aliphatic heterocycles. The standard InChI is InChI=1S/C12H22N2O3/c1-3-14(9(2)8-12(16)17)11(15)6-7-13-10-4-5-10/h9-10,13H,3-8H2,1-2H3,(H,16,17). The molecule has 98 valence electrons. The van der Waals surface area contributed by atoms with Gasteiger partial charge in [0, 0.05) is 31.6 Å². The van der Waals surface area contributed by atoms with E-state index in [1.54, 1.807) is 11.8 Å². The van der Waals surface area contributed by atoms with Crippen LogP contribution in [-0.2, 0) is 9.59 Å². The Labute approximate surface area is 102 Å². The van der Waals surface area contributed by atoms with Crippen LogP contribution in [-0.4, -0.2) is 47.1 Å². The van der Waals surface area contributed by atoms with Crippen molar-refractivity contribution >= 4 is 11.9 Å². The maximum atomic E-state index is 11.9. The van der Waals surface area contributed by atoms with Crippen LogP contribution in [0.3, 0.4) is 0 Å². The molecule has 0 spiro atoms. The fraction of sp³-hybridized carbons (Fsp3) is 0.833. The second kappa shape index (κ2) is 6.59. The molecule has 0 aromatic carbocycles. The van der Waals surface area contributed by atoms with Crippen LogP contribution in [0.25, 0.3) is 0 Å². The lowest BCUT2D eigenvalue weighted by Crippen LogP contribution is -2.40. The lowest BCUT2D eigenvalue weighted by molar-refractivity contribution is -0.140. The van der Waals surface area contributed by atoms with E-state index in [2.05, 4.69) is 5.32 Å². The summed E-state index contributed by atoms with van der Waals surface area (Å²) in [5.41, 5.74) is 0. The number of carbonyl (C=O) groups is 2. The van der Waals surface area contributed by atoms with E-state index in [0.29, 0.717) is 25.6 Å². The van der Waals surface area contributed by atoms with Gasteiger partial charge in [-0.1, -0.05) is 0 Å². The fourth-order valence-electron chi connectivity index (χ4n) is 1.91. The number of carboxylic acids is 1. The Kier molecular flexibility index (Phi) is 5.41. The molecule has 1 atom stereocenters. The van der Waals surface area contributed by atoms with Crippen LogP contribution in [0.4, 0.5) is 0 Å². The maximum absolute atomic E-state index is 11.9. The second-order valence-corrected chi connectivity index (χ2v) is 4.61. The Balaban J connectivity index is 2.30. The van der Waals surface area contributed by atoms with Crippen LogP contribution in [0.5, 0.6) is 0 Å². The first kappa shape index (κ1) is 14.0. The lowest BCUT2D eigenvalue weighted by Gasteiger charge is -2.27. The number of amides is 1. The summed E-state index contributed by atoms with van der Waals surface area (Å²) < 4.78 is 0. The zero-order valence-corrected chi connectivity index (χ0v) is 10.6. The minimum atomic E-state index is -0.861. The van der Waals surface area contributed by atoms with E-state index >= 15 is 0 Å². The minimum absolute atomic E-state index is 0.00956. The van der Waals surface area contributed by atoms with Crippen molar-refractivity contribution in [2.75, 3.05) is 13.1 Å². The van der Waals surface area contributed by atoms with Gasteiger partial charge in [0.15, 0.2) is 0 Å². The highest BCUT2D eigenvalue weighted by Gasteiger charge is 2.23. The summed E-state index contributed by atoms with van der Waals surface area (Å²) in [4.78, 5) is 24.1. The van der Waals surface area contributed by atoms with E-state index in [4.69, 9.17) is 5.11 Å². The van der Waals surface area contributed by atoms with Gasteiger partial charge < -0.3 is 15.3 Å². The third kappa shape index (κ3) is 5.17. The highest BCUT2D eigenvalue weighted by molar-refractivity contribution is 5.77. The van der Waals surface area contributed by atoms with Crippen molar-refractivity contribution in [1.82, 2.24) is 10.2 Å². The number of rotatable bonds is 8. The van der Waals surface area contributed by atoms with E-state index in [-0.39, 0.29) is 18.4 Å². The molecule has 1 unspecified atom stereocenters. The van der Waals surface area contributed by atoms with Gasteiger partial charge in [0.2, 0.25) is 5.91 Å². The van der Waals surface area contributed by atoms with E-state index in [1.165, 1.54) is 12.8 Å². The first-order chi connectivity index (χ1) is 8.04. The molecule has 1 aliphatic carbocycles. The number of hydrogen-bond acceptors (Lipinski definition) is 3. The molecule has 0 aromatic heterocycles. The molecule has 0 bridgehead atoms. The van der Waals surface area contributed by atoms with E-state index < -0.39 is 5.97 Å². The molecule has 1 saturated carbocycles. The Hall–Kier alpha value is -1.10. The third-order valence-corrected chi connectivity index (χ3v) is 3.01. The van der Waals surface area contributed by atoms with E-state index in [9.17, 15) is 9.59 Å². The molecule has 0 aromatic rings. The largest absolute Gasteiger partial charge is 0.481 e. The molecule has 1 amide bonds. The van der Waals surface area contributed by atoms with E-state index in [1.807, 2.05) is 6.92 Å². The Morgan fingerprint density at radius 2 is 2.12 bits per heavy atom. The predicted octanol–water partition coefficient (Wildman–Crippen LogP) is 0.840. The van der Waals surface area contributed by atoms with Crippen LogP contribution in [0.15, 0.2) is 0 Å². The van der Waals surface area contributed by atoms with Crippen LogP contribution in [0.1, 0.15) is 39.5 Å². The molecule has 2 N–H and O–H groups in total. The van der Waals surface area contributed by atoms with Crippen LogP contribution in [0.2, 0.25) is 0 Å². The number of carboxylic acid groups (broad SMARTS) is 1. The smallest absolute Gasteiger partial charge is 0.305 e. The van der Waals surface area contributed by atoms with Crippen molar-refractivity contribution in [2.24, 2.45) is 0 Å². The van der Waals surface area contributed by atoms with Gasteiger partial charge in [-0.15, -0.1) is 0 Å². The molecule has 0 radical (unpaired) electrons. The van der Waals surface area contributed by atoms with Crippen molar-refractivity contribution in [3.63, 3.8) is 0 Å². The van der Waals surface area contributed by atoms with Crippen molar-refractivity contribution in [2.45, 2.75) is 51.6 Å². The molecule has 1 fully saturated rings. The predicted molar refractivity (Wildman–Crippen MR) is 64.7 cm³/mol. The summed E-state index contributed by atoms with van der Waals surface area (Å²) in [7, 11) is 0. The van der Waals surface area contributed by atoms with Crippen LogP contribution >= 0.6 is 0 Å². The minimum Gasteiger partial charge on any atom is -0.481 e. The average Bonchev–Trinajstić information content (AvgIpc) is 3.01. The number of nitrogens with zero attached hydrogens (tertiary/aromatic N) is 1. The van der Waals surface area contributed by atoms with Gasteiger partial charge in [-0.3, -0.25) is 9.59 Å². The van der Waals surface area contributed by atoms with Gasteiger partial charge in [-0.05, 0) is 26.7 Å². The molecule has 5 nitrogen and oxygen atoms in total. The Morgan fingerprint density at radius 3 is 2.59 bits per heavy atom. The molecular weight excluding hydrogens is 220 g/mol. The Bertz CT molecular complexity index is 277. The number of aliphatic carboxylic acids is 1. The van der Waals surface area contributed by atoms with Crippen molar-refractivity contribution in [3.05, 3.63) is 0 Å². The average molecular weight is 242 g/mol. The molecule has 17 heavy (non-hydrogen) atoms. The summed E-state index contributed by atoms with van der Waals surface area (Å²) in [5.74, 6) is -0.825. The molecule has 1 aliphatic rings. The first-order valence-electron chi connectivity index (χ1n) is 6.29. The summed E-state index contributed by atoms with van der Waals surface area (Å²) in [5, 5.41) is 12.0. The first-order valence-corrected chi connectivity index (χ1v) is 6.29. The Morgan fingerprint density at radius 1 is 1.47 bits per heavy atom. The molecular formula is C12H22N2O3. The van der Waals surface area contributed by atoms with Crippen molar-refractivity contribution < 1.29 is 14.7 Å². The summed E-state index contributed by atoms with van der Waals surface area (Å²) in [6, 6.07) is 0.375. The molecule has 5 heteroatoms. The van der Waals surface area contributed by atoms with Gasteiger partial charge >= 0.3 is 5.97 Å². The number of hydrogen-bond donors (Lipinski definition) is 2. The second-order valence-electron chi connectivity index (χ2n) is 4.61. The van der Waals surface area contributed by atoms with Gasteiger partial charge in [0.25, 0.3) is 0 Å². The number of nitrogens with one attached hydrogen (secondary N) is 1. The van der Waals surface area contributed by atoms with Crippen molar-refractivity contribution in [3.8, 4) is 0 Å². The fourth-order valence-corrected chi connectivity index (χ4v) is 1.91. The molecule has 0 saturated heterocycles. The highest BCUT2D eigenvalue weighted by atomic mass is 16.4. The van der Waals surface area contributed by atoms with Gasteiger partial charge in [0.05, 0.1) is 6.42 Å². The highest BCUT2D eigenvalue weighted by Crippen LogP contribution is 2.18. The van der Waals surface area contributed by atoms with Gasteiger partial charge in [0.1, 0.15) is 0 Å². The molecule has 1 rings (SSSR count). The van der Waals surface area contributed by atoms with Crippen molar-refractivity contribution in [1.29, 1.82) is 0 Å². The molecule has 0 heterocycles. The summed E-state index contributed by atoms with van der Waals surface area (Å²) >= 11 is 0. The third-order valence-electron chi connectivity index (χ3n) is 3.01. The van der Waals surface area contributed by atoms with Gasteiger partial charge in [-0.2, -0.15) is 0 Å². The summed E-state index contributed by atoms with van der Waals surface area (Å²) in [6.07, 6.45) is 2.88. The zero-order valence-electron chi connectivity index (χ0n) is 10.6. The summed E-state index contributed by atoms with van der Waals surface area (Å²) in [6.45, 7) is 4.92. The SMILES string of the molecule is CCN(C(=O)CCNC1CC1)C(C)CC(=O)O. The van der Waals surface area contributed by atoms with Crippen LogP contribution in [0, 0.1) is 0 Å². The van der Waals surface area contributed by atoms with Crippen LogP contribution < -0.4 is 5.32 Å². The maximum Gasteiger partial charge on any atom is 0.305 e. The number of carbonyl (C=O) groups excluding carboxylic acids is 1. The monoisotopic (exact) mass is 242 g/mol. The quantitative estimate of drug-likeness (QED) is 0.662. The van der Waals surface area contributed by atoms with Gasteiger partial charge in [-0.25, -0.2) is 0 Å². The lowest BCUT2D eigenvalue weighted by atomic mass is 10.2. The topological polar surface area (TPSA) is 69.6 Å². The zero-order chi connectivity index (χ0) is 12.8.